The van der Waals surface area contributed by atoms with Crippen molar-refractivity contribution in [2.45, 2.75) is 45.6 Å². The highest BCUT2D eigenvalue weighted by molar-refractivity contribution is 5.66. The number of aliphatic hydroxyl groups excluding tert-OH is 1. The van der Waals surface area contributed by atoms with Crippen LogP contribution >= 0.6 is 0 Å². The van der Waals surface area contributed by atoms with Crippen molar-refractivity contribution < 1.29 is 9.84 Å². The smallest absolute Gasteiger partial charge is 0.224 e. The zero-order valence-electron chi connectivity index (χ0n) is 17.0. The van der Waals surface area contributed by atoms with Crippen molar-refractivity contribution in [2.75, 3.05) is 6.61 Å². The van der Waals surface area contributed by atoms with Crippen molar-refractivity contribution in [3.8, 4) is 17.0 Å². The zero-order chi connectivity index (χ0) is 20.4. The van der Waals surface area contributed by atoms with Gasteiger partial charge in [-0.1, -0.05) is 19.1 Å². The Bertz CT molecular complexity index is 973. The third-order valence-electron chi connectivity index (χ3n) is 5.37. The van der Waals surface area contributed by atoms with E-state index in [4.69, 9.17) is 4.74 Å². The maximum atomic E-state index is 9.95. The van der Waals surface area contributed by atoms with Gasteiger partial charge in [0.1, 0.15) is 5.82 Å². The van der Waals surface area contributed by atoms with Gasteiger partial charge in [0.25, 0.3) is 0 Å². The van der Waals surface area contributed by atoms with Crippen LogP contribution in [0.5, 0.6) is 5.88 Å². The lowest BCUT2D eigenvalue weighted by atomic mass is 10.1. The molecule has 0 radical (unpaired) electrons. The first-order valence-corrected chi connectivity index (χ1v) is 10.1. The molecule has 1 saturated carbocycles. The maximum Gasteiger partial charge on any atom is 0.224 e. The monoisotopic (exact) mass is 390 g/mol. The van der Waals surface area contributed by atoms with E-state index in [0.717, 1.165) is 23.2 Å². The molecule has 3 atom stereocenters. The van der Waals surface area contributed by atoms with Gasteiger partial charge in [-0.15, -0.1) is 0 Å². The molecule has 0 saturated heterocycles. The Labute approximate surface area is 171 Å². The molecule has 1 N–H and O–H groups in total. The fourth-order valence-corrected chi connectivity index (χ4v) is 3.41. The van der Waals surface area contributed by atoms with Crippen LogP contribution in [-0.4, -0.2) is 31.6 Å². The van der Waals surface area contributed by atoms with Gasteiger partial charge in [-0.3, -0.25) is 9.97 Å². The van der Waals surface area contributed by atoms with E-state index in [0.29, 0.717) is 42.3 Å². The average molecular weight is 390 g/mol. The largest absolute Gasteiger partial charge is 0.477 e. The summed E-state index contributed by atoms with van der Waals surface area (Å²) in [5, 5.41) is 9.95. The van der Waals surface area contributed by atoms with Crippen LogP contribution in [-0.2, 0) is 0 Å². The molecule has 4 rings (SSSR count). The highest BCUT2D eigenvalue weighted by Gasteiger charge is 2.40. The van der Waals surface area contributed by atoms with Crippen molar-refractivity contribution in [3.05, 3.63) is 65.6 Å². The second-order valence-corrected chi connectivity index (χ2v) is 7.71. The number of aryl methyl sites for hydroxylation is 2. The molecule has 3 aromatic rings. The minimum atomic E-state index is -0.545. The quantitative estimate of drug-likeness (QED) is 0.652. The van der Waals surface area contributed by atoms with E-state index >= 15 is 0 Å². The number of aliphatic hydroxyl groups is 1. The molecule has 3 unspecified atom stereocenters. The Morgan fingerprint density at radius 1 is 1.07 bits per heavy atom. The molecule has 1 aliphatic rings. The van der Waals surface area contributed by atoms with Crippen LogP contribution in [0, 0.1) is 19.8 Å². The minimum absolute atomic E-state index is 0.452. The molecular formula is C23H26N4O2. The van der Waals surface area contributed by atoms with Crippen LogP contribution < -0.4 is 4.74 Å². The van der Waals surface area contributed by atoms with E-state index in [2.05, 4.69) is 32.1 Å². The minimum Gasteiger partial charge on any atom is -0.477 e. The van der Waals surface area contributed by atoms with Crippen molar-refractivity contribution in [1.82, 2.24) is 19.9 Å². The molecular weight excluding hydrogens is 364 g/mol. The molecule has 0 bridgehead atoms. The van der Waals surface area contributed by atoms with Crippen LogP contribution in [0.4, 0.5) is 0 Å². The summed E-state index contributed by atoms with van der Waals surface area (Å²) in [6.45, 7) is 6.43. The van der Waals surface area contributed by atoms with E-state index in [-0.39, 0.29) is 0 Å². The van der Waals surface area contributed by atoms with Crippen LogP contribution in [0.3, 0.4) is 0 Å². The molecule has 3 heterocycles. The summed E-state index contributed by atoms with van der Waals surface area (Å²) in [7, 11) is 0. The predicted molar refractivity (Wildman–Crippen MR) is 111 cm³/mol. The molecule has 3 aromatic heterocycles. The van der Waals surface area contributed by atoms with Crippen LogP contribution in [0.25, 0.3) is 11.1 Å². The molecule has 0 spiro atoms. The zero-order valence-corrected chi connectivity index (χ0v) is 17.0. The molecule has 6 nitrogen and oxygen atoms in total. The first-order chi connectivity index (χ1) is 14.0. The number of hydrogen-bond donors (Lipinski definition) is 1. The average Bonchev–Trinajstić information content (AvgIpc) is 3.52. The Morgan fingerprint density at radius 2 is 1.93 bits per heavy atom. The van der Waals surface area contributed by atoms with Gasteiger partial charge in [-0.25, -0.2) is 4.98 Å². The highest BCUT2D eigenvalue weighted by atomic mass is 16.5. The standard InChI is InChI=1S/C23H26N4O2/c1-4-22(28)21-8-6-16(11-26-21)19-12-24-15(3)27-23(19)29-13-17-9-18(17)20-7-5-14(2)10-25-20/h5-8,10-12,17-18,22,28H,4,9,13H2,1-3H3. The predicted octanol–water partition coefficient (Wildman–Crippen LogP) is 4.18. The van der Waals surface area contributed by atoms with Gasteiger partial charge in [-0.2, -0.15) is 4.98 Å². The molecule has 0 amide bonds. The Kier molecular flexibility index (Phi) is 5.53. The van der Waals surface area contributed by atoms with Crippen LogP contribution in [0.1, 0.15) is 54.6 Å². The number of aromatic nitrogens is 4. The van der Waals surface area contributed by atoms with Crippen LogP contribution in [0.15, 0.2) is 42.9 Å². The third kappa shape index (κ3) is 4.43. The summed E-state index contributed by atoms with van der Waals surface area (Å²) in [6.07, 6.45) is 6.61. The Morgan fingerprint density at radius 3 is 2.62 bits per heavy atom. The molecule has 29 heavy (non-hydrogen) atoms. The summed E-state index contributed by atoms with van der Waals surface area (Å²) >= 11 is 0. The second kappa shape index (κ2) is 8.25. The van der Waals surface area contributed by atoms with Gasteiger partial charge in [-0.05, 0) is 44.4 Å². The number of hydrogen-bond acceptors (Lipinski definition) is 6. The summed E-state index contributed by atoms with van der Waals surface area (Å²) in [4.78, 5) is 17.8. The van der Waals surface area contributed by atoms with E-state index in [1.807, 2.05) is 39.1 Å². The molecule has 1 fully saturated rings. The Hall–Kier alpha value is -2.86. The second-order valence-electron chi connectivity index (χ2n) is 7.71. The van der Waals surface area contributed by atoms with Gasteiger partial charge in [0, 0.05) is 41.7 Å². The third-order valence-corrected chi connectivity index (χ3v) is 5.37. The van der Waals surface area contributed by atoms with E-state index in [9.17, 15) is 5.11 Å². The van der Waals surface area contributed by atoms with Gasteiger partial charge in [0.05, 0.1) is 24.0 Å². The number of rotatable bonds is 7. The first kappa shape index (κ1) is 19.5. The summed E-state index contributed by atoms with van der Waals surface area (Å²) < 4.78 is 6.11. The SMILES string of the molecule is CCC(O)c1ccc(-c2cnc(C)nc2OCC2CC2c2ccc(C)cn2)cn1. The lowest BCUT2D eigenvalue weighted by molar-refractivity contribution is 0.169. The molecule has 150 valence electrons. The molecule has 0 aliphatic heterocycles. The van der Waals surface area contributed by atoms with Crippen molar-refractivity contribution in [2.24, 2.45) is 5.92 Å². The Balaban J connectivity index is 1.47. The topological polar surface area (TPSA) is 81.0 Å². The highest BCUT2D eigenvalue weighted by Crippen LogP contribution is 2.47. The number of ether oxygens (including phenoxy) is 1. The van der Waals surface area contributed by atoms with Crippen molar-refractivity contribution >= 4 is 0 Å². The van der Waals surface area contributed by atoms with E-state index in [1.54, 1.807) is 12.4 Å². The number of nitrogens with zero attached hydrogens (tertiary/aromatic N) is 4. The van der Waals surface area contributed by atoms with Gasteiger partial charge in [0.15, 0.2) is 0 Å². The van der Waals surface area contributed by atoms with E-state index in [1.165, 1.54) is 5.56 Å². The summed E-state index contributed by atoms with van der Waals surface area (Å²) in [5.41, 5.74) is 4.66. The lowest BCUT2D eigenvalue weighted by Gasteiger charge is -2.12. The first-order valence-electron chi connectivity index (χ1n) is 10.1. The number of pyridine rings is 2. The normalized spacial score (nSPS) is 19.0. The maximum absolute atomic E-state index is 9.95. The van der Waals surface area contributed by atoms with Gasteiger partial charge < -0.3 is 9.84 Å². The van der Waals surface area contributed by atoms with E-state index < -0.39 is 6.10 Å². The van der Waals surface area contributed by atoms with Crippen LogP contribution in [0.2, 0.25) is 0 Å². The van der Waals surface area contributed by atoms with Crippen molar-refractivity contribution in [3.63, 3.8) is 0 Å². The molecule has 1 aliphatic carbocycles. The molecule has 0 aromatic carbocycles. The van der Waals surface area contributed by atoms with Crippen molar-refractivity contribution in [1.29, 1.82) is 0 Å². The fourth-order valence-electron chi connectivity index (χ4n) is 3.41. The van der Waals surface area contributed by atoms with Gasteiger partial charge >= 0.3 is 0 Å². The van der Waals surface area contributed by atoms with Gasteiger partial charge in [0.2, 0.25) is 5.88 Å². The summed E-state index contributed by atoms with van der Waals surface area (Å²) in [5.74, 6) is 2.15. The fraction of sp³-hybridized carbons (Fsp3) is 0.391. The summed E-state index contributed by atoms with van der Waals surface area (Å²) in [6, 6.07) is 7.99. The lowest BCUT2D eigenvalue weighted by Crippen LogP contribution is -2.06. The molecule has 6 heteroatoms.